The largest absolute Gasteiger partial charge is 0.480 e. The number of aliphatic carboxylic acids is 1. The summed E-state index contributed by atoms with van der Waals surface area (Å²) in [4.78, 5) is 13.1. The fourth-order valence-electron chi connectivity index (χ4n) is 2.43. The summed E-state index contributed by atoms with van der Waals surface area (Å²) < 4.78 is 5.61. The van der Waals surface area contributed by atoms with E-state index in [9.17, 15) is 9.90 Å². The van der Waals surface area contributed by atoms with Crippen molar-refractivity contribution in [2.45, 2.75) is 12.6 Å². The van der Waals surface area contributed by atoms with Crippen molar-refractivity contribution < 1.29 is 14.6 Å². The van der Waals surface area contributed by atoms with Crippen molar-refractivity contribution in [3.63, 3.8) is 0 Å². The third-order valence-electron chi connectivity index (χ3n) is 3.37. The number of carboxylic acids is 1. The van der Waals surface area contributed by atoms with Gasteiger partial charge in [0.1, 0.15) is 6.04 Å². The van der Waals surface area contributed by atoms with E-state index < -0.39 is 12.0 Å². The standard InChI is InChI=1S/C15H19NO3/c1-2-8-16-9-13(14(16)15(17)18)11-19-10-12-6-4-3-5-7-12/h2-7,13-14H,1,8-11H2,(H,17,18)/t13-,14-/m0/s1. The lowest BCUT2D eigenvalue weighted by atomic mass is 9.89. The van der Waals surface area contributed by atoms with E-state index in [0.717, 1.165) is 12.1 Å². The van der Waals surface area contributed by atoms with Crippen molar-refractivity contribution in [1.82, 2.24) is 4.90 Å². The van der Waals surface area contributed by atoms with Gasteiger partial charge in [0.2, 0.25) is 0 Å². The van der Waals surface area contributed by atoms with Crippen LogP contribution >= 0.6 is 0 Å². The Morgan fingerprint density at radius 2 is 2.21 bits per heavy atom. The van der Waals surface area contributed by atoms with E-state index in [1.165, 1.54) is 0 Å². The summed E-state index contributed by atoms with van der Waals surface area (Å²) in [5, 5.41) is 9.19. The zero-order valence-electron chi connectivity index (χ0n) is 10.9. The Morgan fingerprint density at radius 1 is 1.47 bits per heavy atom. The van der Waals surface area contributed by atoms with Crippen molar-refractivity contribution in [2.75, 3.05) is 19.7 Å². The van der Waals surface area contributed by atoms with Gasteiger partial charge in [-0.2, -0.15) is 0 Å². The number of rotatable bonds is 7. The molecule has 102 valence electrons. The number of carbonyl (C=O) groups is 1. The van der Waals surface area contributed by atoms with Crippen LogP contribution in [0.4, 0.5) is 0 Å². The summed E-state index contributed by atoms with van der Waals surface area (Å²) in [6.07, 6.45) is 1.73. The number of nitrogens with zero attached hydrogens (tertiary/aromatic N) is 1. The number of hydrogen-bond acceptors (Lipinski definition) is 3. The minimum Gasteiger partial charge on any atom is -0.480 e. The summed E-state index contributed by atoms with van der Waals surface area (Å²) in [6, 6.07) is 9.46. The molecule has 1 fully saturated rings. The highest BCUT2D eigenvalue weighted by Crippen LogP contribution is 2.25. The molecule has 1 saturated heterocycles. The van der Waals surface area contributed by atoms with Gasteiger partial charge >= 0.3 is 5.97 Å². The lowest BCUT2D eigenvalue weighted by Gasteiger charge is -2.44. The third kappa shape index (κ3) is 3.43. The van der Waals surface area contributed by atoms with E-state index in [1.54, 1.807) is 6.08 Å². The fraction of sp³-hybridized carbons (Fsp3) is 0.400. The molecular weight excluding hydrogens is 242 g/mol. The zero-order chi connectivity index (χ0) is 13.7. The second-order valence-corrected chi connectivity index (χ2v) is 4.79. The van der Waals surface area contributed by atoms with E-state index >= 15 is 0 Å². The quantitative estimate of drug-likeness (QED) is 0.760. The molecule has 4 nitrogen and oxygen atoms in total. The normalized spacial score (nSPS) is 22.7. The van der Waals surface area contributed by atoms with Gasteiger partial charge in [0.15, 0.2) is 0 Å². The molecule has 1 aliphatic rings. The predicted octanol–water partition coefficient (Wildman–Crippen LogP) is 1.77. The van der Waals surface area contributed by atoms with E-state index in [1.807, 2.05) is 35.2 Å². The minimum absolute atomic E-state index is 0.0705. The first-order valence-electron chi connectivity index (χ1n) is 6.41. The molecule has 0 spiro atoms. The van der Waals surface area contributed by atoms with E-state index in [2.05, 4.69) is 6.58 Å². The Labute approximate surface area is 113 Å². The number of ether oxygens (including phenoxy) is 1. The highest BCUT2D eigenvalue weighted by Gasteiger charge is 2.43. The maximum Gasteiger partial charge on any atom is 0.321 e. The number of carboxylic acid groups (broad SMARTS) is 1. The van der Waals surface area contributed by atoms with Crippen LogP contribution in [0, 0.1) is 5.92 Å². The summed E-state index contributed by atoms with van der Waals surface area (Å²) in [5.74, 6) is -0.706. The number of likely N-dealkylation sites (tertiary alicyclic amines) is 1. The fourth-order valence-corrected chi connectivity index (χ4v) is 2.43. The van der Waals surface area contributed by atoms with Crippen molar-refractivity contribution in [3.05, 3.63) is 48.6 Å². The van der Waals surface area contributed by atoms with Gasteiger partial charge in [0, 0.05) is 19.0 Å². The van der Waals surface area contributed by atoms with Crippen LogP contribution in [0.25, 0.3) is 0 Å². The molecule has 0 bridgehead atoms. The topological polar surface area (TPSA) is 49.8 Å². The van der Waals surface area contributed by atoms with Gasteiger partial charge in [-0.25, -0.2) is 0 Å². The molecular formula is C15H19NO3. The van der Waals surface area contributed by atoms with Crippen LogP contribution in [-0.2, 0) is 16.1 Å². The van der Waals surface area contributed by atoms with E-state index in [4.69, 9.17) is 4.74 Å². The Hall–Kier alpha value is -1.65. The van der Waals surface area contributed by atoms with E-state index in [-0.39, 0.29) is 5.92 Å². The van der Waals surface area contributed by atoms with Gasteiger partial charge in [-0.1, -0.05) is 36.4 Å². The molecule has 1 aromatic carbocycles. The molecule has 1 N–H and O–H groups in total. The Balaban J connectivity index is 1.77. The smallest absolute Gasteiger partial charge is 0.321 e. The van der Waals surface area contributed by atoms with Gasteiger partial charge in [-0.05, 0) is 5.56 Å². The average molecular weight is 261 g/mol. The molecule has 0 amide bonds. The molecule has 0 aliphatic carbocycles. The van der Waals surface area contributed by atoms with Crippen LogP contribution in [0.15, 0.2) is 43.0 Å². The van der Waals surface area contributed by atoms with Crippen molar-refractivity contribution in [1.29, 1.82) is 0 Å². The van der Waals surface area contributed by atoms with Gasteiger partial charge in [0.25, 0.3) is 0 Å². The highest BCUT2D eigenvalue weighted by molar-refractivity contribution is 5.75. The van der Waals surface area contributed by atoms with Crippen LogP contribution in [-0.4, -0.2) is 41.7 Å². The van der Waals surface area contributed by atoms with Crippen molar-refractivity contribution >= 4 is 5.97 Å². The molecule has 0 saturated carbocycles. The van der Waals surface area contributed by atoms with Gasteiger partial charge < -0.3 is 9.84 Å². The first-order valence-corrected chi connectivity index (χ1v) is 6.41. The SMILES string of the molecule is C=CCN1C[C@@H](COCc2ccccc2)[C@H]1C(=O)O. The first-order chi connectivity index (χ1) is 9.22. The van der Waals surface area contributed by atoms with Crippen LogP contribution in [0.3, 0.4) is 0 Å². The van der Waals surface area contributed by atoms with Crippen LogP contribution in [0.1, 0.15) is 5.56 Å². The summed E-state index contributed by atoms with van der Waals surface area (Å²) in [7, 11) is 0. The number of hydrogen-bond donors (Lipinski definition) is 1. The minimum atomic E-state index is -0.776. The lowest BCUT2D eigenvalue weighted by molar-refractivity contribution is -0.155. The van der Waals surface area contributed by atoms with Crippen molar-refractivity contribution in [2.24, 2.45) is 5.92 Å². The maximum absolute atomic E-state index is 11.2. The molecule has 0 radical (unpaired) electrons. The van der Waals surface area contributed by atoms with E-state index in [0.29, 0.717) is 19.8 Å². The molecule has 4 heteroatoms. The van der Waals surface area contributed by atoms with Gasteiger partial charge in [-0.15, -0.1) is 6.58 Å². The lowest BCUT2D eigenvalue weighted by Crippen LogP contribution is -2.61. The van der Waals surface area contributed by atoms with Crippen molar-refractivity contribution in [3.8, 4) is 0 Å². The van der Waals surface area contributed by atoms with Gasteiger partial charge in [0.05, 0.1) is 13.2 Å². The predicted molar refractivity (Wildman–Crippen MR) is 72.8 cm³/mol. The second kappa shape index (κ2) is 6.50. The number of benzene rings is 1. The molecule has 1 aliphatic heterocycles. The Bertz CT molecular complexity index is 432. The van der Waals surface area contributed by atoms with Crippen LogP contribution in [0.5, 0.6) is 0 Å². The third-order valence-corrected chi connectivity index (χ3v) is 3.37. The first kappa shape index (κ1) is 13.8. The molecule has 0 aromatic heterocycles. The molecule has 1 aromatic rings. The summed E-state index contributed by atoms with van der Waals surface area (Å²) in [5.41, 5.74) is 1.11. The van der Waals surface area contributed by atoms with Crippen LogP contribution < -0.4 is 0 Å². The molecule has 1 heterocycles. The molecule has 0 unspecified atom stereocenters. The van der Waals surface area contributed by atoms with Crippen LogP contribution in [0.2, 0.25) is 0 Å². The molecule has 19 heavy (non-hydrogen) atoms. The Kier molecular flexibility index (Phi) is 4.71. The summed E-state index contributed by atoms with van der Waals surface area (Å²) in [6.45, 7) is 6.03. The zero-order valence-corrected chi connectivity index (χ0v) is 10.9. The second-order valence-electron chi connectivity index (χ2n) is 4.79. The Morgan fingerprint density at radius 3 is 2.84 bits per heavy atom. The monoisotopic (exact) mass is 261 g/mol. The molecule has 2 rings (SSSR count). The highest BCUT2D eigenvalue weighted by atomic mass is 16.5. The summed E-state index contributed by atoms with van der Waals surface area (Å²) >= 11 is 0. The molecule has 2 atom stereocenters. The maximum atomic E-state index is 11.2. The average Bonchev–Trinajstić information content (AvgIpc) is 2.37. The van der Waals surface area contributed by atoms with Gasteiger partial charge in [-0.3, -0.25) is 9.69 Å².